The molecular weight excluding hydrogens is 108 g/mol. The van der Waals surface area contributed by atoms with Crippen molar-refractivity contribution in [3.05, 3.63) is 0 Å². The fourth-order valence-corrected chi connectivity index (χ4v) is 0.158. The number of hydrogen-bond acceptors (Lipinski definition) is 3. The number of carboxylic acid groups (broad SMARTS) is 1. The Kier molecular flexibility index (Phi) is 7.41. The van der Waals surface area contributed by atoms with Crippen LogP contribution in [0.25, 0.3) is 0 Å². The van der Waals surface area contributed by atoms with Gasteiger partial charge >= 0.3 is 0 Å². The number of aliphatic carboxylic acids is 1. The molecule has 0 fully saturated rings. The molecule has 4 heteroatoms. The lowest BCUT2D eigenvalue weighted by Crippen LogP contribution is -2.21. The maximum Gasteiger partial charge on any atom is 0.0625 e. The van der Waals surface area contributed by atoms with E-state index >= 15 is 0 Å². The maximum absolute atomic E-state index is 9.50. The minimum atomic E-state index is -1.17. The van der Waals surface area contributed by atoms with Crippen LogP contribution in [0.5, 0.6) is 0 Å². The summed E-state index contributed by atoms with van der Waals surface area (Å²) in [6.45, 7) is 0. The standard InChI is InChI=1S/C4H5NO2.H3N/c5-3-1-2-4(6)7;/h1-2H2,(H,6,7);1H3. The lowest BCUT2D eigenvalue weighted by Gasteiger charge is -1.91. The Morgan fingerprint density at radius 3 is 2.38 bits per heavy atom. The number of carbonyl (C=O) groups excluding carboxylic acids is 1. The molecule has 0 heterocycles. The van der Waals surface area contributed by atoms with Crippen LogP contribution < -0.4 is 11.3 Å². The van der Waals surface area contributed by atoms with Gasteiger partial charge in [-0.05, 0) is 6.42 Å². The maximum atomic E-state index is 9.50. The Labute approximate surface area is 47.3 Å². The summed E-state index contributed by atoms with van der Waals surface area (Å²) in [4.78, 5) is 9.50. The molecule has 0 aromatic carbocycles. The van der Waals surface area contributed by atoms with Gasteiger partial charge < -0.3 is 16.1 Å². The van der Waals surface area contributed by atoms with Crippen LogP contribution in [0.15, 0.2) is 0 Å². The molecule has 0 aromatic rings. The lowest BCUT2D eigenvalue weighted by atomic mass is 10.3. The average Bonchev–Trinajstić information content (AvgIpc) is 1.61. The highest BCUT2D eigenvalue weighted by Gasteiger charge is 1.80. The third-order valence-corrected chi connectivity index (χ3v) is 0.441. The fraction of sp³-hybridized carbons (Fsp3) is 0.500. The molecule has 0 unspecified atom stereocenters. The third kappa shape index (κ3) is 8.87. The third-order valence-electron chi connectivity index (χ3n) is 0.441. The zero-order valence-electron chi connectivity index (χ0n) is 4.68. The largest absolute Gasteiger partial charge is 0.550 e. The Balaban J connectivity index is 0. The van der Waals surface area contributed by atoms with Gasteiger partial charge in [0.05, 0.1) is 6.07 Å². The second-order valence-electron chi connectivity index (χ2n) is 1.03. The summed E-state index contributed by atoms with van der Waals surface area (Å²) in [5, 5.41) is 17.3. The van der Waals surface area contributed by atoms with E-state index in [4.69, 9.17) is 5.26 Å². The van der Waals surface area contributed by atoms with E-state index in [9.17, 15) is 9.90 Å². The summed E-state index contributed by atoms with van der Waals surface area (Å²) in [7, 11) is 0. The number of nitriles is 1. The van der Waals surface area contributed by atoms with Crippen molar-refractivity contribution < 1.29 is 9.90 Å². The Morgan fingerprint density at radius 2 is 2.25 bits per heavy atom. The van der Waals surface area contributed by atoms with Gasteiger partial charge in [-0.25, -0.2) is 0 Å². The quantitative estimate of drug-likeness (QED) is 0.522. The van der Waals surface area contributed by atoms with Crippen LogP contribution in [-0.2, 0) is 4.79 Å². The van der Waals surface area contributed by atoms with E-state index in [1.165, 1.54) is 0 Å². The molecule has 4 nitrogen and oxygen atoms in total. The predicted molar refractivity (Wildman–Crippen MR) is 25.8 cm³/mol. The molecule has 0 saturated heterocycles. The van der Waals surface area contributed by atoms with Gasteiger partial charge in [0, 0.05) is 12.4 Å². The molecule has 0 radical (unpaired) electrons. The molecule has 8 heavy (non-hydrogen) atoms. The van der Waals surface area contributed by atoms with E-state index in [0.29, 0.717) is 0 Å². The monoisotopic (exact) mass is 116 g/mol. The van der Waals surface area contributed by atoms with Crippen molar-refractivity contribution in [1.29, 1.82) is 5.26 Å². The SMILES string of the molecule is N#CCCC(=O)[O-].[NH4+]. The van der Waals surface area contributed by atoms with E-state index in [2.05, 4.69) is 0 Å². The first-order valence-electron chi connectivity index (χ1n) is 1.84. The lowest BCUT2D eigenvalue weighted by molar-refractivity contribution is -0.305. The molecule has 0 amide bonds. The molecule has 46 valence electrons. The Bertz CT molecular complexity index is 105. The summed E-state index contributed by atoms with van der Waals surface area (Å²) in [5.74, 6) is -1.17. The van der Waals surface area contributed by atoms with Gasteiger partial charge in [0.2, 0.25) is 0 Å². The van der Waals surface area contributed by atoms with Gasteiger partial charge in [-0.1, -0.05) is 0 Å². The van der Waals surface area contributed by atoms with Crippen LogP contribution >= 0.6 is 0 Å². The molecule has 0 rings (SSSR count). The molecular formula is C4H8N2O2. The first-order chi connectivity index (χ1) is 3.27. The molecule has 4 N–H and O–H groups in total. The zero-order valence-corrected chi connectivity index (χ0v) is 4.68. The number of carboxylic acids is 1. The number of nitrogens with zero attached hydrogens (tertiary/aromatic N) is 1. The van der Waals surface area contributed by atoms with Gasteiger partial charge in [0.15, 0.2) is 0 Å². The van der Waals surface area contributed by atoms with E-state index in [-0.39, 0.29) is 19.0 Å². The number of rotatable bonds is 2. The summed E-state index contributed by atoms with van der Waals surface area (Å²) >= 11 is 0. The number of quaternary nitrogens is 1. The topological polar surface area (TPSA) is 100 Å². The normalized spacial score (nSPS) is 6.38. The Morgan fingerprint density at radius 1 is 1.75 bits per heavy atom. The predicted octanol–water partition coefficient (Wildman–Crippen LogP) is -0.584. The van der Waals surface area contributed by atoms with E-state index < -0.39 is 5.97 Å². The molecule has 0 saturated carbocycles. The smallest absolute Gasteiger partial charge is 0.0625 e. The average molecular weight is 116 g/mol. The van der Waals surface area contributed by atoms with Crippen LogP contribution in [0.3, 0.4) is 0 Å². The van der Waals surface area contributed by atoms with Crippen molar-refractivity contribution in [3.8, 4) is 6.07 Å². The molecule has 0 aromatic heterocycles. The first kappa shape index (κ1) is 10.0. The van der Waals surface area contributed by atoms with E-state index in [0.717, 1.165) is 0 Å². The van der Waals surface area contributed by atoms with E-state index in [1.807, 2.05) is 0 Å². The van der Waals surface area contributed by atoms with Crippen LogP contribution in [0.1, 0.15) is 12.8 Å². The number of hydrogen-bond donors (Lipinski definition) is 1. The van der Waals surface area contributed by atoms with E-state index in [1.54, 1.807) is 6.07 Å². The summed E-state index contributed by atoms with van der Waals surface area (Å²) in [5.41, 5.74) is 0. The summed E-state index contributed by atoms with van der Waals surface area (Å²) < 4.78 is 0. The molecule has 0 aliphatic rings. The van der Waals surface area contributed by atoms with Crippen LogP contribution in [-0.4, -0.2) is 5.97 Å². The summed E-state index contributed by atoms with van der Waals surface area (Å²) in [6, 6.07) is 1.68. The van der Waals surface area contributed by atoms with Gasteiger partial charge in [-0.3, -0.25) is 0 Å². The zero-order chi connectivity index (χ0) is 5.70. The molecule has 0 atom stereocenters. The van der Waals surface area contributed by atoms with Gasteiger partial charge in [-0.2, -0.15) is 5.26 Å². The fourth-order valence-electron chi connectivity index (χ4n) is 0.158. The second kappa shape index (κ2) is 5.92. The van der Waals surface area contributed by atoms with Crippen molar-refractivity contribution in [2.45, 2.75) is 12.8 Å². The van der Waals surface area contributed by atoms with Crippen LogP contribution in [0, 0.1) is 11.3 Å². The Hall–Kier alpha value is -1.08. The molecule has 0 bridgehead atoms. The highest BCUT2D eigenvalue weighted by molar-refractivity contribution is 5.64. The van der Waals surface area contributed by atoms with Crippen molar-refractivity contribution in [2.24, 2.45) is 0 Å². The molecule has 0 spiro atoms. The van der Waals surface area contributed by atoms with Crippen molar-refractivity contribution in [1.82, 2.24) is 6.15 Å². The molecule has 0 aliphatic heterocycles. The minimum Gasteiger partial charge on any atom is -0.550 e. The van der Waals surface area contributed by atoms with Gasteiger partial charge in [0.1, 0.15) is 0 Å². The first-order valence-corrected chi connectivity index (χ1v) is 1.84. The molecule has 0 aliphatic carbocycles. The summed E-state index contributed by atoms with van der Waals surface area (Å²) in [6.07, 6.45) is -0.112. The highest BCUT2D eigenvalue weighted by Crippen LogP contribution is 1.79. The van der Waals surface area contributed by atoms with Crippen LogP contribution in [0.2, 0.25) is 0 Å². The van der Waals surface area contributed by atoms with Gasteiger partial charge in [-0.15, -0.1) is 0 Å². The van der Waals surface area contributed by atoms with Crippen molar-refractivity contribution >= 4 is 5.97 Å². The van der Waals surface area contributed by atoms with Crippen LogP contribution in [0.4, 0.5) is 0 Å². The second-order valence-corrected chi connectivity index (χ2v) is 1.03. The van der Waals surface area contributed by atoms with Crippen molar-refractivity contribution in [3.63, 3.8) is 0 Å². The van der Waals surface area contributed by atoms with Crippen molar-refractivity contribution in [2.75, 3.05) is 0 Å². The highest BCUT2D eigenvalue weighted by atomic mass is 16.4. The van der Waals surface area contributed by atoms with Gasteiger partial charge in [0.25, 0.3) is 0 Å². The number of carbonyl (C=O) groups is 1. The minimum absolute atomic E-state index is 0.